The number of hydrogen-bond donors (Lipinski definition) is 2. The van der Waals surface area contributed by atoms with Crippen molar-refractivity contribution in [2.75, 3.05) is 0 Å². The normalized spacial score (nSPS) is 16.7. The highest BCUT2D eigenvalue weighted by molar-refractivity contribution is 5.90. The monoisotopic (exact) mass is 281 g/mol. The summed E-state index contributed by atoms with van der Waals surface area (Å²) < 4.78 is 5.86. The number of ether oxygens (including phenoxy) is 1. The number of hydrogen-bond acceptors (Lipinski definition) is 4. The topological polar surface area (TPSA) is 88.1 Å². The maximum absolute atomic E-state index is 11.0. The third kappa shape index (κ3) is 1.92. The number of carboxylic acids is 1. The molecule has 1 aromatic carbocycles. The number of imidazole rings is 1. The number of nitrogens with zero attached hydrogens (tertiary/aromatic N) is 2. The summed E-state index contributed by atoms with van der Waals surface area (Å²) >= 11 is 0. The summed E-state index contributed by atoms with van der Waals surface area (Å²) in [4.78, 5) is 22.5. The van der Waals surface area contributed by atoms with E-state index >= 15 is 0 Å². The lowest BCUT2D eigenvalue weighted by Crippen LogP contribution is -2.05. The molecule has 1 atom stereocenters. The van der Waals surface area contributed by atoms with Gasteiger partial charge in [0.2, 0.25) is 0 Å². The summed E-state index contributed by atoms with van der Waals surface area (Å²) in [6, 6.07) is 9.39. The Balaban J connectivity index is 1.71. The molecule has 0 aliphatic carbocycles. The zero-order chi connectivity index (χ0) is 14.4. The molecule has 21 heavy (non-hydrogen) atoms. The van der Waals surface area contributed by atoms with Crippen molar-refractivity contribution >= 4 is 17.1 Å². The fourth-order valence-electron chi connectivity index (χ4n) is 2.52. The summed E-state index contributed by atoms with van der Waals surface area (Å²) in [5, 5.41) is 8.98. The zero-order valence-corrected chi connectivity index (χ0v) is 10.9. The van der Waals surface area contributed by atoms with Crippen LogP contribution < -0.4 is 4.74 Å². The largest absolute Gasteiger partial charge is 0.482 e. The number of aromatic nitrogens is 3. The minimum Gasteiger partial charge on any atom is -0.482 e. The van der Waals surface area contributed by atoms with Crippen LogP contribution in [0.5, 0.6) is 5.75 Å². The number of para-hydroxylation sites is 1. The first kappa shape index (κ1) is 11.9. The third-order valence-electron chi connectivity index (χ3n) is 3.55. The van der Waals surface area contributed by atoms with E-state index in [0.717, 1.165) is 17.7 Å². The van der Waals surface area contributed by atoms with Crippen LogP contribution in [0.4, 0.5) is 0 Å². The summed E-state index contributed by atoms with van der Waals surface area (Å²) in [6.07, 6.45) is 1.85. The number of nitrogens with one attached hydrogen (secondary N) is 1. The Kier molecular flexibility index (Phi) is 2.44. The summed E-state index contributed by atoms with van der Waals surface area (Å²) in [5.74, 6) is 0.517. The number of H-pyrrole nitrogens is 1. The van der Waals surface area contributed by atoms with Gasteiger partial charge in [-0.3, -0.25) is 0 Å². The van der Waals surface area contributed by atoms with Crippen molar-refractivity contribution in [1.29, 1.82) is 0 Å². The Bertz CT molecular complexity index is 831. The maximum Gasteiger partial charge on any atom is 0.337 e. The molecule has 2 aromatic heterocycles. The molecule has 1 aliphatic heterocycles. The van der Waals surface area contributed by atoms with E-state index in [1.165, 1.54) is 12.3 Å². The van der Waals surface area contributed by atoms with Gasteiger partial charge < -0.3 is 14.8 Å². The van der Waals surface area contributed by atoms with Crippen LogP contribution in [0.3, 0.4) is 0 Å². The highest BCUT2D eigenvalue weighted by atomic mass is 16.5. The van der Waals surface area contributed by atoms with Gasteiger partial charge in [-0.1, -0.05) is 18.2 Å². The fraction of sp³-hybridized carbons (Fsp3) is 0.133. The second-order valence-corrected chi connectivity index (χ2v) is 4.94. The number of benzene rings is 1. The molecule has 3 aromatic rings. The van der Waals surface area contributed by atoms with E-state index < -0.39 is 5.97 Å². The number of fused-ring (bicyclic) bond motifs is 2. The Hall–Kier alpha value is -2.89. The number of aromatic carboxylic acids is 1. The van der Waals surface area contributed by atoms with Crippen LogP contribution in [0, 0.1) is 0 Å². The van der Waals surface area contributed by atoms with Crippen molar-refractivity contribution in [3.05, 3.63) is 53.5 Å². The second kappa shape index (κ2) is 4.31. The lowest BCUT2D eigenvalue weighted by atomic mass is 10.1. The van der Waals surface area contributed by atoms with Crippen LogP contribution >= 0.6 is 0 Å². The molecule has 0 amide bonds. The van der Waals surface area contributed by atoms with E-state index in [1.54, 1.807) is 0 Å². The maximum atomic E-state index is 11.0. The van der Waals surface area contributed by atoms with Crippen molar-refractivity contribution in [1.82, 2.24) is 15.0 Å². The van der Waals surface area contributed by atoms with Gasteiger partial charge >= 0.3 is 5.97 Å². The Morgan fingerprint density at radius 2 is 2.24 bits per heavy atom. The molecule has 0 saturated carbocycles. The van der Waals surface area contributed by atoms with Crippen molar-refractivity contribution in [3.8, 4) is 5.75 Å². The molecule has 6 nitrogen and oxygen atoms in total. The van der Waals surface area contributed by atoms with E-state index in [9.17, 15) is 4.79 Å². The van der Waals surface area contributed by atoms with E-state index in [4.69, 9.17) is 9.84 Å². The minimum absolute atomic E-state index is 0.133. The standard InChI is InChI=1S/C15H11N3O3/c19-15(20)9-5-10-13(16-7-9)18-14(17-10)12-6-8-3-1-2-4-11(8)21-12/h1-5,7,12H,6H2,(H,19,20)(H,16,17,18). The molecule has 0 bridgehead atoms. The van der Waals surface area contributed by atoms with E-state index in [1.807, 2.05) is 24.3 Å². The van der Waals surface area contributed by atoms with Crippen molar-refractivity contribution < 1.29 is 14.6 Å². The molecule has 0 spiro atoms. The number of carboxylic acid groups (broad SMARTS) is 1. The van der Waals surface area contributed by atoms with Gasteiger partial charge in [-0.15, -0.1) is 0 Å². The van der Waals surface area contributed by atoms with Crippen molar-refractivity contribution in [2.45, 2.75) is 12.5 Å². The first-order chi connectivity index (χ1) is 10.2. The van der Waals surface area contributed by atoms with Gasteiger partial charge in [-0.25, -0.2) is 14.8 Å². The molecule has 0 saturated heterocycles. The minimum atomic E-state index is -1.01. The predicted octanol–water partition coefficient (Wildman–Crippen LogP) is 2.33. The van der Waals surface area contributed by atoms with E-state index in [-0.39, 0.29) is 11.7 Å². The Morgan fingerprint density at radius 1 is 1.38 bits per heavy atom. The molecule has 1 aliphatic rings. The smallest absolute Gasteiger partial charge is 0.337 e. The average Bonchev–Trinajstić information content (AvgIpc) is 3.09. The highest BCUT2D eigenvalue weighted by Gasteiger charge is 2.26. The van der Waals surface area contributed by atoms with Gasteiger partial charge in [-0.05, 0) is 17.7 Å². The first-order valence-electron chi connectivity index (χ1n) is 6.54. The van der Waals surface area contributed by atoms with Crippen LogP contribution in [-0.2, 0) is 6.42 Å². The lowest BCUT2D eigenvalue weighted by molar-refractivity contribution is 0.0696. The van der Waals surface area contributed by atoms with Gasteiger partial charge in [0.1, 0.15) is 5.75 Å². The van der Waals surface area contributed by atoms with Gasteiger partial charge in [0, 0.05) is 12.6 Å². The number of pyridine rings is 1. The number of aromatic amines is 1. The molecule has 104 valence electrons. The summed E-state index contributed by atoms with van der Waals surface area (Å²) in [5.41, 5.74) is 2.37. The van der Waals surface area contributed by atoms with Crippen LogP contribution in [0.25, 0.3) is 11.2 Å². The quantitative estimate of drug-likeness (QED) is 0.752. The van der Waals surface area contributed by atoms with Gasteiger partial charge in [0.05, 0.1) is 11.1 Å². The number of carbonyl (C=O) groups is 1. The zero-order valence-electron chi connectivity index (χ0n) is 10.9. The summed E-state index contributed by atoms with van der Waals surface area (Å²) in [7, 11) is 0. The average molecular weight is 281 g/mol. The first-order valence-corrected chi connectivity index (χ1v) is 6.54. The van der Waals surface area contributed by atoms with Crippen LogP contribution in [0.2, 0.25) is 0 Å². The number of rotatable bonds is 2. The van der Waals surface area contributed by atoms with Crippen LogP contribution in [-0.4, -0.2) is 26.0 Å². The fourth-order valence-corrected chi connectivity index (χ4v) is 2.52. The van der Waals surface area contributed by atoms with Gasteiger partial charge in [0.25, 0.3) is 0 Å². The second-order valence-electron chi connectivity index (χ2n) is 4.94. The van der Waals surface area contributed by atoms with Crippen molar-refractivity contribution in [3.63, 3.8) is 0 Å². The molecular formula is C15H11N3O3. The Morgan fingerprint density at radius 3 is 3.05 bits per heavy atom. The van der Waals surface area contributed by atoms with Crippen LogP contribution in [0.15, 0.2) is 36.5 Å². The molecule has 0 radical (unpaired) electrons. The molecule has 6 heteroatoms. The molecular weight excluding hydrogens is 270 g/mol. The summed E-state index contributed by atoms with van der Waals surface area (Å²) in [6.45, 7) is 0. The lowest BCUT2D eigenvalue weighted by Gasteiger charge is -2.06. The van der Waals surface area contributed by atoms with Gasteiger partial charge in [0.15, 0.2) is 17.6 Å². The highest BCUT2D eigenvalue weighted by Crippen LogP contribution is 2.35. The molecule has 2 N–H and O–H groups in total. The Labute approximate surface area is 119 Å². The molecule has 0 fully saturated rings. The van der Waals surface area contributed by atoms with Crippen LogP contribution in [0.1, 0.15) is 27.8 Å². The SMILES string of the molecule is O=C(O)c1cnc2nc(C3Cc4ccccc4O3)[nH]c2c1. The van der Waals surface area contributed by atoms with E-state index in [2.05, 4.69) is 15.0 Å². The predicted molar refractivity (Wildman–Crippen MR) is 74.4 cm³/mol. The van der Waals surface area contributed by atoms with Crippen molar-refractivity contribution in [2.24, 2.45) is 0 Å². The third-order valence-corrected chi connectivity index (χ3v) is 3.55. The van der Waals surface area contributed by atoms with Gasteiger partial charge in [-0.2, -0.15) is 0 Å². The molecule has 1 unspecified atom stereocenters. The molecule has 3 heterocycles. The molecule has 4 rings (SSSR count). The van der Waals surface area contributed by atoms with E-state index in [0.29, 0.717) is 17.0 Å².